The number of aliphatic carboxylic acids is 2. The monoisotopic (exact) mass is 311 g/mol. The topological polar surface area (TPSA) is 94.9 Å². The number of carboxylic acids is 2. The van der Waals surface area contributed by atoms with Gasteiger partial charge in [0, 0.05) is 5.02 Å². The molecule has 0 radical (unpaired) electrons. The highest BCUT2D eigenvalue weighted by atomic mass is 35.5. The molecule has 1 aliphatic carbocycles. The van der Waals surface area contributed by atoms with Gasteiger partial charge in [0.1, 0.15) is 13.1 Å². The number of benzene rings is 1. The van der Waals surface area contributed by atoms with E-state index in [2.05, 4.69) is 0 Å². The van der Waals surface area contributed by atoms with Crippen molar-refractivity contribution < 1.29 is 24.6 Å². The summed E-state index contributed by atoms with van der Waals surface area (Å²) in [5, 5.41) is 18.2. The number of carboxylic acid groups (broad SMARTS) is 2. The molecule has 0 aromatic heterocycles. The summed E-state index contributed by atoms with van der Waals surface area (Å²) in [6, 6.07) is 6.74. The Balaban J connectivity index is 2.24. The Hall–Kier alpha value is -2.08. The quantitative estimate of drug-likeness (QED) is 0.827. The summed E-state index contributed by atoms with van der Waals surface area (Å²) >= 11 is 5.81. The lowest BCUT2D eigenvalue weighted by Crippen LogP contribution is -2.44. The Morgan fingerprint density at radius 3 is 1.90 bits per heavy atom. The van der Waals surface area contributed by atoms with Crippen molar-refractivity contribution in [1.29, 1.82) is 0 Å². The molecule has 1 amide bonds. The highest BCUT2D eigenvalue weighted by molar-refractivity contribution is 6.30. The van der Waals surface area contributed by atoms with Crippen LogP contribution in [0.1, 0.15) is 18.4 Å². The second-order valence-corrected chi connectivity index (χ2v) is 5.47. The third-order valence-corrected chi connectivity index (χ3v) is 3.75. The zero-order valence-corrected chi connectivity index (χ0v) is 11.8. The van der Waals surface area contributed by atoms with E-state index in [0.29, 0.717) is 17.9 Å². The fourth-order valence-electron chi connectivity index (χ4n) is 2.35. The second kappa shape index (κ2) is 5.73. The summed E-state index contributed by atoms with van der Waals surface area (Å²) in [4.78, 5) is 35.1. The van der Waals surface area contributed by atoms with E-state index in [-0.39, 0.29) is 0 Å². The first-order valence-corrected chi connectivity index (χ1v) is 6.72. The van der Waals surface area contributed by atoms with Gasteiger partial charge in [0.15, 0.2) is 0 Å². The standard InChI is InChI=1S/C14H14ClNO5/c15-10-3-1-9(2-4-10)14(5-6-14)13(21)16(7-11(17)18)8-12(19)20/h1-4H,5-8H2,(H,17,18)(H,19,20). The molecule has 0 saturated heterocycles. The fourth-order valence-corrected chi connectivity index (χ4v) is 2.47. The number of hydrogen-bond acceptors (Lipinski definition) is 3. The third-order valence-electron chi connectivity index (χ3n) is 3.50. The van der Waals surface area contributed by atoms with Gasteiger partial charge in [0.2, 0.25) is 5.91 Å². The molecule has 1 aliphatic rings. The van der Waals surface area contributed by atoms with Crippen LogP contribution in [-0.4, -0.2) is 46.0 Å². The predicted octanol–water partition coefficient (Wildman–Crippen LogP) is 1.37. The van der Waals surface area contributed by atoms with E-state index in [9.17, 15) is 14.4 Å². The van der Waals surface area contributed by atoms with Gasteiger partial charge in [-0.25, -0.2) is 0 Å². The normalized spacial score (nSPS) is 15.3. The van der Waals surface area contributed by atoms with Crippen molar-refractivity contribution >= 4 is 29.4 Å². The molecule has 1 aromatic rings. The maximum atomic E-state index is 12.6. The van der Waals surface area contributed by atoms with E-state index in [1.165, 1.54) is 0 Å². The highest BCUT2D eigenvalue weighted by Gasteiger charge is 2.53. The van der Waals surface area contributed by atoms with E-state index in [1.807, 2.05) is 0 Å². The Kier molecular flexibility index (Phi) is 4.18. The Morgan fingerprint density at radius 1 is 1.05 bits per heavy atom. The molecular weight excluding hydrogens is 298 g/mol. The van der Waals surface area contributed by atoms with Gasteiger partial charge in [0.25, 0.3) is 0 Å². The van der Waals surface area contributed by atoms with Gasteiger partial charge in [-0.1, -0.05) is 23.7 Å². The second-order valence-electron chi connectivity index (χ2n) is 5.04. The third kappa shape index (κ3) is 3.33. The van der Waals surface area contributed by atoms with Crippen molar-refractivity contribution in [3.8, 4) is 0 Å². The van der Waals surface area contributed by atoms with E-state index < -0.39 is 36.4 Å². The van der Waals surface area contributed by atoms with Gasteiger partial charge in [-0.05, 0) is 30.5 Å². The summed E-state index contributed by atoms with van der Waals surface area (Å²) in [5.74, 6) is -2.94. The van der Waals surface area contributed by atoms with Crippen molar-refractivity contribution in [1.82, 2.24) is 4.90 Å². The zero-order valence-electron chi connectivity index (χ0n) is 11.1. The summed E-state index contributed by atoms with van der Waals surface area (Å²) in [5.41, 5.74) is -0.0761. The van der Waals surface area contributed by atoms with Gasteiger partial charge in [-0.15, -0.1) is 0 Å². The summed E-state index contributed by atoms with van der Waals surface area (Å²) in [6.45, 7) is -1.25. The van der Waals surface area contributed by atoms with Crippen LogP contribution in [0, 0.1) is 0 Å². The average Bonchev–Trinajstić information content (AvgIpc) is 3.18. The minimum atomic E-state index is -1.24. The van der Waals surface area contributed by atoms with Crippen molar-refractivity contribution in [2.45, 2.75) is 18.3 Å². The van der Waals surface area contributed by atoms with Crippen molar-refractivity contribution in [3.05, 3.63) is 34.9 Å². The van der Waals surface area contributed by atoms with Crippen LogP contribution in [-0.2, 0) is 19.8 Å². The molecule has 1 saturated carbocycles. The molecule has 0 atom stereocenters. The first kappa shape index (κ1) is 15.3. The summed E-state index contributed by atoms with van der Waals surface area (Å²) in [6.07, 6.45) is 1.15. The predicted molar refractivity (Wildman–Crippen MR) is 74.2 cm³/mol. The van der Waals surface area contributed by atoms with Crippen LogP contribution in [0.4, 0.5) is 0 Å². The molecule has 0 spiro atoms. The number of carbonyl (C=O) groups is 3. The first-order valence-electron chi connectivity index (χ1n) is 6.34. The lowest BCUT2D eigenvalue weighted by molar-refractivity contribution is -0.150. The van der Waals surface area contributed by atoms with E-state index in [1.54, 1.807) is 24.3 Å². The van der Waals surface area contributed by atoms with Gasteiger partial charge in [0.05, 0.1) is 5.41 Å². The van der Waals surface area contributed by atoms with E-state index in [0.717, 1.165) is 10.5 Å². The molecule has 0 heterocycles. The molecule has 1 fully saturated rings. The minimum Gasteiger partial charge on any atom is -0.480 e. The number of halogens is 1. The van der Waals surface area contributed by atoms with Gasteiger partial charge in [-0.2, -0.15) is 0 Å². The molecule has 0 aliphatic heterocycles. The zero-order chi connectivity index (χ0) is 15.6. The Labute approximate surface area is 125 Å². The maximum absolute atomic E-state index is 12.6. The molecule has 0 bridgehead atoms. The fraction of sp³-hybridized carbons (Fsp3) is 0.357. The summed E-state index contributed by atoms with van der Waals surface area (Å²) < 4.78 is 0. The van der Waals surface area contributed by atoms with Crippen molar-refractivity contribution in [2.75, 3.05) is 13.1 Å². The van der Waals surface area contributed by atoms with Crippen LogP contribution in [0.15, 0.2) is 24.3 Å². The highest BCUT2D eigenvalue weighted by Crippen LogP contribution is 2.49. The number of rotatable bonds is 6. The lowest BCUT2D eigenvalue weighted by atomic mass is 9.94. The van der Waals surface area contributed by atoms with Gasteiger partial charge in [-0.3, -0.25) is 14.4 Å². The van der Waals surface area contributed by atoms with Crippen LogP contribution >= 0.6 is 11.6 Å². The van der Waals surface area contributed by atoms with Gasteiger partial charge >= 0.3 is 11.9 Å². The number of hydrogen-bond donors (Lipinski definition) is 2. The van der Waals surface area contributed by atoms with E-state index in [4.69, 9.17) is 21.8 Å². The Morgan fingerprint density at radius 2 is 1.52 bits per heavy atom. The first-order chi connectivity index (χ1) is 9.85. The lowest BCUT2D eigenvalue weighted by Gasteiger charge is -2.24. The average molecular weight is 312 g/mol. The smallest absolute Gasteiger partial charge is 0.323 e. The maximum Gasteiger partial charge on any atom is 0.323 e. The number of nitrogens with zero attached hydrogens (tertiary/aromatic N) is 1. The number of amides is 1. The van der Waals surface area contributed by atoms with Crippen molar-refractivity contribution in [2.24, 2.45) is 0 Å². The molecule has 2 N–H and O–H groups in total. The van der Waals surface area contributed by atoms with Crippen LogP contribution in [0.3, 0.4) is 0 Å². The molecule has 21 heavy (non-hydrogen) atoms. The molecule has 112 valence electrons. The minimum absolute atomic E-state index is 0.463. The van der Waals surface area contributed by atoms with Crippen LogP contribution in [0.2, 0.25) is 5.02 Å². The van der Waals surface area contributed by atoms with Crippen LogP contribution in [0.25, 0.3) is 0 Å². The van der Waals surface area contributed by atoms with Gasteiger partial charge < -0.3 is 15.1 Å². The molecule has 7 heteroatoms. The SMILES string of the molecule is O=C(O)CN(CC(=O)O)C(=O)C1(c2ccc(Cl)cc2)CC1. The molecular formula is C14H14ClNO5. The Bertz CT molecular complexity index is 564. The number of carbonyl (C=O) groups excluding carboxylic acids is 1. The summed E-state index contributed by atoms with van der Waals surface area (Å²) in [7, 11) is 0. The molecule has 2 rings (SSSR count). The van der Waals surface area contributed by atoms with Crippen LogP contribution in [0.5, 0.6) is 0 Å². The van der Waals surface area contributed by atoms with E-state index >= 15 is 0 Å². The molecule has 0 unspecified atom stereocenters. The van der Waals surface area contributed by atoms with Crippen LogP contribution < -0.4 is 0 Å². The molecule has 6 nitrogen and oxygen atoms in total. The molecule has 1 aromatic carbocycles. The largest absolute Gasteiger partial charge is 0.480 e. The van der Waals surface area contributed by atoms with Crippen molar-refractivity contribution in [3.63, 3.8) is 0 Å².